The molecule has 2 bridgehead atoms. The number of aromatic nitrogens is 1. The minimum absolute atomic E-state index is 0.117. The molecule has 0 spiro atoms. The molecule has 4 rings (SSSR count). The Labute approximate surface area is 170 Å². The lowest BCUT2D eigenvalue weighted by atomic mass is 9.81. The number of ketones is 1. The number of Topliss-reactive ketones (excluding diaryl/α,β-unsaturated/α-hetero) is 1. The highest BCUT2D eigenvalue weighted by Crippen LogP contribution is 2.34. The van der Waals surface area contributed by atoms with E-state index in [4.69, 9.17) is 9.47 Å². The number of rotatable bonds is 4. The molecule has 0 saturated carbocycles. The topological polar surface area (TPSA) is 68.7 Å². The number of hydrogen-bond acceptors (Lipinski definition) is 5. The van der Waals surface area contributed by atoms with Crippen molar-refractivity contribution in [3.05, 3.63) is 65.0 Å². The maximum absolute atomic E-state index is 13.1. The number of ether oxygens (including phenoxy) is 2. The van der Waals surface area contributed by atoms with Crippen LogP contribution in [0.3, 0.4) is 0 Å². The molecule has 2 saturated heterocycles. The molecule has 2 unspecified atom stereocenters. The second-order valence-corrected chi connectivity index (χ2v) is 7.96. The molecule has 3 heterocycles. The van der Waals surface area contributed by atoms with Gasteiger partial charge in [-0.1, -0.05) is 30.3 Å². The zero-order chi connectivity index (χ0) is 20.4. The van der Waals surface area contributed by atoms with Crippen molar-refractivity contribution in [1.29, 1.82) is 0 Å². The molecule has 2 aromatic rings. The zero-order valence-electron chi connectivity index (χ0n) is 16.8. The lowest BCUT2D eigenvalue weighted by Crippen LogP contribution is -2.59. The summed E-state index contributed by atoms with van der Waals surface area (Å²) in [6, 6.07) is 13.1. The molecular weight excluding hydrogens is 368 g/mol. The van der Waals surface area contributed by atoms with Gasteiger partial charge in [-0.15, -0.1) is 0 Å². The van der Waals surface area contributed by atoms with Gasteiger partial charge in [-0.2, -0.15) is 0 Å². The number of carbonyl (C=O) groups excluding carboxylic acids is 2. The number of morpholine rings is 1. The van der Waals surface area contributed by atoms with E-state index >= 15 is 0 Å². The molecule has 6 nitrogen and oxygen atoms in total. The van der Waals surface area contributed by atoms with Crippen LogP contribution < -0.4 is 0 Å². The summed E-state index contributed by atoms with van der Waals surface area (Å²) in [5, 5.41) is 0. The molecule has 2 aliphatic rings. The Balaban J connectivity index is 1.44. The first-order valence-corrected chi connectivity index (χ1v) is 10.1. The third-order valence-electron chi connectivity index (χ3n) is 5.67. The lowest BCUT2D eigenvalue weighted by molar-refractivity contribution is -0.0755. The van der Waals surface area contributed by atoms with Gasteiger partial charge in [-0.25, -0.2) is 4.79 Å². The first kappa shape index (κ1) is 19.6. The van der Waals surface area contributed by atoms with Crippen molar-refractivity contribution >= 4 is 11.9 Å². The second-order valence-electron chi connectivity index (χ2n) is 7.96. The molecule has 1 aromatic carbocycles. The van der Waals surface area contributed by atoms with Crippen molar-refractivity contribution in [2.75, 3.05) is 13.2 Å². The Morgan fingerprint density at radius 1 is 1.07 bits per heavy atom. The minimum atomic E-state index is -0.325. The summed E-state index contributed by atoms with van der Waals surface area (Å²) in [7, 11) is 0. The number of carbonyl (C=O) groups is 2. The zero-order valence-corrected chi connectivity index (χ0v) is 16.8. The fraction of sp³-hybridized carbons (Fsp3) is 0.435. The summed E-state index contributed by atoms with van der Waals surface area (Å²) < 4.78 is 11.2. The number of benzene rings is 1. The van der Waals surface area contributed by atoms with Crippen LogP contribution in [-0.4, -0.2) is 47.1 Å². The summed E-state index contributed by atoms with van der Waals surface area (Å²) in [4.78, 5) is 32.0. The van der Waals surface area contributed by atoms with E-state index in [0.717, 1.165) is 17.0 Å². The normalized spacial score (nSPS) is 23.5. The van der Waals surface area contributed by atoms with Gasteiger partial charge < -0.3 is 9.47 Å². The first-order valence-electron chi connectivity index (χ1n) is 10.1. The molecule has 2 aliphatic heterocycles. The van der Waals surface area contributed by atoms with Gasteiger partial charge in [-0.05, 0) is 44.4 Å². The van der Waals surface area contributed by atoms with Crippen LogP contribution in [0.4, 0.5) is 4.79 Å². The van der Waals surface area contributed by atoms with Crippen molar-refractivity contribution in [1.82, 2.24) is 9.88 Å². The molecule has 2 fully saturated rings. The van der Waals surface area contributed by atoms with E-state index in [2.05, 4.69) is 4.98 Å². The average Bonchev–Trinajstić information content (AvgIpc) is 2.70. The van der Waals surface area contributed by atoms with Crippen LogP contribution in [0.2, 0.25) is 0 Å². The second kappa shape index (κ2) is 8.33. The number of aryl methyl sites for hydroxylation is 2. The monoisotopic (exact) mass is 394 g/mol. The number of nitrogens with zero attached hydrogens (tertiary/aromatic N) is 2. The number of piperidine rings is 1. The summed E-state index contributed by atoms with van der Waals surface area (Å²) in [5.74, 6) is 0.0149. The predicted octanol–water partition coefficient (Wildman–Crippen LogP) is 3.70. The molecule has 152 valence electrons. The molecule has 0 N–H and O–H groups in total. The maximum atomic E-state index is 13.1. The van der Waals surface area contributed by atoms with E-state index in [-0.39, 0.29) is 36.5 Å². The van der Waals surface area contributed by atoms with Gasteiger partial charge in [0.15, 0.2) is 5.78 Å². The number of hydrogen-bond donors (Lipinski definition) is 0. The van der Waals surface area contributed by atoms with E-state index in [1.807, 2.05) is 56.3 Å². The van der Waals surface area contributed by atoms with Crippen molar-refractivity contribution in [2.24, 2.45) is 5.92 Å². The molecule has 0 radical (unpaired) electrons. The molecule has 29 heavy (non-hydrogen) atoms. The fourth-order valence-electron chi connectivity index (χ4n) is 4.43. The highest BCUT2D eigenvalue weighted by atomic mass is 16.6. The van der Waals surface area contributed by atoms with Crippen LogP contribution >= 0.6 is 0 Å². The summed E-state index contributed by atoms with van der Waals surface area (Å²) in [6.07, 6.45) is 0.862. The third-order valence-corrected chi connectivity index (χ3v) is 5.67. The molecule has 1 aromatic heterocycles. The van der Waals surface area contributed by atoms with Crippen LogP contribution in [0.1, 0.15) is 40.2 Å². The van der Waals surface area contributed by atoms with Gasteiger partial charge in [0.1, 0.15) is 6.61 Å². The van der Waals surface area contributed by atoms with Gasteiger partial charge in [-0.3, -0.25) is 14.7 Å². The largest absolute Gasteiger partial charge is 0.445 e. The fourth-order valence-corrected chi connectivity index (χ4v) is 4.43. The van der Waals surface area contributed by atoms with Crippen molar-refractivity contribution in [3.8, 4) is 0 Å². The third kappa shape index (κ3) is 4.32. The summed E-state index contributed by atoms with van der Waals surface area (Å²) >= 11 is 0. The SMILES string of the molecule is Cc1cc(C(=O)C2CC3COCC(C2)N3C(=O)OCc2ccccc2)cc(C)n1. The number of amides is 1. The number of fused-ring (bicyclic) bond motifs is 2. The van der Waals surface area contributed by atoms with Crippen LogP contribution in [0.15, 0.2) is 42.5 Å². The average molecular weight is 394 g/mol. The highest BCUT2D eigenvalue weighted by Gasteiger charge is 2.44. The Morgan fingerprint density at radius 3 is 2.31 bits per heavy atom. The van der Waals surface area contributed by atoms with Crippen molar-refractivity contribution < 1.29 is 19.1 Å². The van der Waals surface area contributed by atoms with Crippen LogP contribution in [0, 0.1) is 19.8 Å². The van der Waals surface area contributed by atoms with Crippen LogP contribution in [-0.2, 0) is 16.1 Å². The van der Waals surface area contributed by atoms with Gasteiger partial charge in [0, 0.05) is 22.9 Å². The van der Waals surface area contributed by atoms with E-state index in [1.165, 1.54) is 0 Å². The highest BCUT2D eigenvalue weighted by molar-refractivity contribution is 5.98. The number of pyridine rings is 1. The van der Waals surface area contributed by atoms with Gasteiger partial charge in [0.2, 0.25) is 0 Å². The molecule has 1 amide bonds. The Bertz CT molecular complexity index is 865. The summed E-state index contributed by atoms with van der Waals surface area (Å²) in [5.41, 5.74) is 3.35. The molecule has 0 aliphatic carbocycles. The predicted molar refractivity (Wildman–Crippen MR) is 108 cm³/mol. The van der Waals surface area contributed by atoms with E-state index in [1.54, 1.807) is 4.90 Å². The van der Waals surface area contributed by atoms with Crippen LogP contribution in [0.25, 0.3) is 0 Å². The Hall–Kier alpha value is -2.73. The van der Waals surface area contributed by atoms with E-state index < -0.39 is 0 Å². The molecular formula is C23H26N2O4. The van der Waals surface area contributed by atoms with Gasteiger partial charge in [0.25, 0.3) is 0 Å². The van der Waals surface area contributed by atoms with Gasteiger partial charge >= 0.3 is 6.09 Å². The van der Waals surface area contributed by atoms with E-state index in [9.17, 15) is 9.59 Å². The minimum Gasteiger partial charge on any atom is -0.445 e. The Kier molecular flexibility index (Phi) is 5.62. The smallest absolute Gasteiger partial charge is 0.410 e. The first-order chi connectivity index (χ1) is 14.0. The Morgan fingerprint density at radius 2 is 1.69 bits per heavy atom. The summed E-state index contributed by atoms with van der Waals surface area (Å²) in [6.45, 7) is 4.92. The van der Waals surface area contributed by atoms with E-state index in [0.29, 0.717) is 31.6 Å². The maximum Gasteiger partial charge on any atom is 0.410 e. The van der Waals surface area contributed by atoms with Gasteiger partial charge in [0.05, 0.1) is 25.3 Å². The molecule has 6 heteroatoms. The van der Waals surface area contributed by atoms with Crippen molar-refractivity contribution in [2.45, 2.75) is 45.4 Å². The lowest BCUT2D eigenvalue weighted by Gasteiger charge is -2.47. The molecule has 2 atom stereocenters. The standard InChI is InChI=1S/C23H26N2O4/c1-15-8-18(9-16(2)24-15)22(26)19-10-20-13-28-14-21(11-19)25(20)23(27)29-12-17-6-4-3-5-7-17/h3-9,19-21H,10-14H2,1-2H3. The van der Waals surface area contributed by atoms with Crippen LogP contribution in [0.5, 0.6) is 0 Å². The van der Waals surface area contributed by atoms with Crippen molar-refractivity contribution in [3.63, 3.8) is 0 Å². The quantitative estimate of drug-likeness (QED) is 0.740.